The normalized spacial score (nSPS) is 10.5. The van der Waals surface area contributed by atoms with Crippen LogP contribution in [0.2, 0.25) is 0 Å². The molecule has 0 aliphatic carbocycles. The van der Waals surface area contributed by atoms with E-state index in [9.17, 15) is 19.2 Å². The second-order valence-corrected chi connectivity index (χ2v) is 7.64. The summed E-state index contributed by atoms with van der Waals surface area (Å²) in [7, 11) is 0. The maximum absolute atomic E-state index is 12.7. The average Bonchev–Trinajstić information content (AvgIpc) is 2.91. The maximum Gasteiger partial charge on any atom is 0.290 e. The molecular weight excluding hydrogens is 446 g/mol. The lowest BCUT2D eigenvalue weighted by Crippen LogP contribution is -2.47. The van der Waals surface area contributed by atoms with Gasteiger partial charge < -0.3 is 5.32 Å². The lowest BCUT2D eigenvalue weighted by molar-refractivity contribution is -0.120. The van der Waals surface area contributed by atoms with Crippen molar-refractivity contribution >= 4 is 28.5 Å². The molecule has 0 saturated heterocycles. The molecule has 0 aliphatic rings. The number of nitrogens with zero attached hydrogens (tertiary/aromatic N) is 2. The van der Waals surface area contributed by atoms with E-state index in [1.54, 1.807) is 43.3 Å². The molecule has 0 bridgehead atoms. The number of aromatic nitrogens is 2. The quantitative estimate of drug-likeness (QED) is 0.374. The van der Waals surface area contributed by atoms with E-state index in [1.165, 1.54) is 4.68 Å². The topological polar surface area (TPSA) is 122 Å². The van der Waals surface area contributed by atoms with Crippen LogP contribution in [0.5, 0.6) is 0 Å². The van der Waals surface area contributed by atoms with E-state index in [2.05, 4.69) is 21.3 Å². The zero-order chi connectivity index (χ0) is 24.8. The number of fused-ring (bicyclic) bond motifs is 1. The monoisotopic (exact) mass is 469 g/mol. The number of aryl methyl sites for hydroxylation is 1. The predicted molar refractivity (Wildman–Crippen MR) is 131 cm³/mol. The number of carbonyl (C=O) groups is 3. The van der Waals surface area contributed by atoms with Gasteiger partial charge in [0.2, 0.25) is 0 Å². The fraction of sp³-hybridized carbons (Fsp3) is 0.115. The molecule has 4 rings (SSSR count). The molecule has 0 fully saturated rings. The molecule has 1 aromatic heterocycles. The second-order valence-electron chi connectivity index (χ2n) is 7.64. The van der Waals surface area contributed by atoms with Gasteiger partial charge in [-0.3, -0.25) is 30.0 Å². The molecule has 1 heterocycles. The second kappa shape index (κ2) is 10.4. The van der Waals surface area contributed by atoms with Gasteiger partial charge in [-0.1, -0.05) is 60.7 Å². The van der Waals surface area contributed by atoms with Crippen molar-refractivity contribution in [3.63, 3.8) is 0 Å². The zero-order valence-corrected chi connectivity index (χ0v) is 18.9. The number of carbonyl (C=O) groups excluding carboxylic acids is 3. The summed E-state index contributed by atoms with van der Waals surface area (Å²) in [5, 5.41) is 7.35. The van der Waals surface area contributed by atoms with Gasteiger partial charge >= 0.3 is 0 Å². The van der Waals surface area contributed by atoms with E-state index < -0.39 is 17.7 Å². The molecule has 0 aliphatic heterocycles. The van der Waals surface area contributed by atoms with Crippen molar-refractivity contribution in [1.29, 1.82) is 0 Å². The third-order valence-electron chi connectivity index (χ3n) is 5.36. The van der Waals surface area contributed by atoms with Crippen molar-refractivity contribution in [2.75, 3.05) is 6.54 Å². The molecule has 9 nitrogen and oxygen atoms in total. The lowest BCUT2D eigenvalue weighted by atomic mass is 10.0. The standard InChI is InChI=1S/C26H23N5O4/c1-2-31-26(35)21-11-7-6-10-20(21)23(30-31)25(34)29-28-22(32)16-27-24(33)19-14-12-18(13-15-19)17-8-4-3-5-9-17/h3-15H,2,16H2,1H3,(H,27,33)(H,28,32)(H,29,34). The molecule has 0 saturated carbocycles. The zero-order valence-electron chi connectivity index (χ0n) is 18.9. The van der Waals surface area contributed by atoms with Gasteiger partial charge in [0.1, 0.15) is 0 Å². The number of hydrogen-bond acceptors (Lipinski definition) is 5. The van der Waals surface area contributed by atoms with Crippen molar-refractivity contribution in [2.24, 2.45) is 0 Å². The molecule has 176 valence electrons. The van der Waals surface area contributed by atoms with E-state index in [0.717, 1.165) is 11.1 Å². The van der Waals surface area contributed by atoms with Gasteiger partial charge in [-0.15, -0.1) is 0 Å². The third kappa shape index (κ3) is 5.25. The molecule has 0 spiro atoms. The van der Waals surface area contributed by atoms with Crippen molar-refractivity contribution in [3.05, 3.63) is 100 Å². The predicted octanol–water partition coefficient (Wildman–Crippen LogP) is 2.27. The minimum absolute atomic E-state index is 0.00453. The highest BCUT2D eigenvalue weighted by Crippen LogP contribution is 2.19. The summed E-state index contributed by atoms with van der Waals surface area (Å²) < 4.78 is 1.18. The molecule has 0 unspecified atom stereocenters. The van der Waals surface area contributed by atoms with Crippen LogP contribution in [0.25, 0.3) is 21.9 Å². The minimum atomic E-state index is -0.681. The number of nitrogens with one attached hydrogen (secondary N) is 3. The summed E-state index contributed by atoms with van der Waals surface area (Å²) in [5.41, 5.74) is 6.65. The van der Waals surface area contributed by atoms with Crippen molar-refractivity contribution in [2.45, 2.75) is 13.5 Å². The van der Waals surface area contributed by atoms with Crippen LogP contribution in [0.15, 0.2) is 83.7 Å². The first-order chi connectivity index (χ1) is 17.0. The number of hydrogen-bond donors (Lipinski definition) is 3. The fourth-order valence-electron chi connectivity index (χ4n) is 3.55. The average molecular weight is 470 g/mol. The van der Waals surface area contributed by atoms with Gasteiger partial charge in [0, 0.05) is 17.5 Å². The van der Waals surface area contributed by atoms with Crippen LogP contribution in [-0.4, -0.2) is 34.0 Å². The fourth-order valence-corrected chi connectivity index (χ4v) is 3.55. The van der Waals surface area contributed by atoms with E-state index in [4.69, 9.17) is 0 Å². The largest absolute Gasteiger partial charge is 0.343 e. The molecule has 0 atom stereocenters. The highest BCUT2D eigenvalue weighted by atomic mass is 16.2. The Morgan fingerprint density at radius 3 is 2.09 bits per heavy atom. The molecule has 3 amide bonds. The number of hydrazine groups is 1. The Hall–Kier alpha value is -4.79. The van der Waals surface area contributed by atoms with Gasteiger partial charge in [0.25, 0.3) is 23.3 Å². The molecule has 0 radical (unpaired) electrons. The molecule has 9 heteroatoms. The Labute approximate surface area is 200 Å². The van der Waals surface area contributed by atoms with Crippen LogP contribution in [-0.2, 0) is 11.3 Å². The van der Waals surface area contributed by atoms with Crippen LogP contribution in [0.4, 0.5) is 0 Å². The maximum atomic E-state index is 12.7. The Balaban J connectivity index is 1.34. The first-order valence-corrected chi connectivity index (χ1v) is 11.0. The summed E-state index contributed by atoms with van der Waals surface area (Å²) >= 11 is 0. The first kappa shape index (κ1) is 23.4. The number of amides is 3. The van der Waals surface area contributed by atoms with Gasteiger partial charge in [0.05, 0.1) is 11.9 Å². The lowest BCUT2D eigenvalue weighted by Gasteiger charge is -2.11. The first-order valence-electron chi connectivity index (χ1n) is 11.0. The van der Waals surface area contributed by atoms with Crippen molar-refractivity contribution in [3.8, 4) is 11.1 Å². The van der Waals surface area contributed by atoms with Gasteiger partial charge in [-0.25, -0.2) is 4.68 Å². The summed E-state index contributed by atoms with van der Waals surface area (Å²) in [4.78, 5) is 49.6. The SMILES string of the molecule is CCn1nc(C(=O)NNC(=O)CNC(=O)c2ccc(-c3ccccc3)cc2)c2ccccc2c1=O. The smallest absolute Gasteiger partial charge is 0.290 e. The summed E-state index contributed by atoms with van der Waals surface area (Å²) in [6.07, 6.45) is 0. The van der Waals surface area contributed by atoms with Gasteiger partial charge in [-0.05, 0) is 36.2 Å². The van der Waals surface area contributed by atoms with Crippen LogP contribution in [0.3, 0.4) is 0 Å². The summed E-state index contributed by atoms with van der Waals surface area (Å²) in [6, 6.07) is 23.4. The molecule has 4 aromatic rings. The van der Waals surface area contributed by atoms with Gasteiger partial charge in [-0.2, -0.15) is 5.10 Å². The minimum Gasteiger partial charge on any atom is -0.343 e. The van der Waals surface area contributed by atoms with Crippen molar-refractivity contribution in [1.82, 2.24) is 25.9 Å². The molecular formula is C26H23N5O4. The molecule has 3 aromatic carbocycles. The van der Waals surface area contributed by atoms with Crippen LogP contribution < -0.4 is 21.7 Å². The highest BCUT2D eigenvalue weighted by molar-refractivity contribution is 6.05. The van der Waals surface area contributed by atoms with Crippen LogP contribution in [0.1, 0.15) is 27.8 Å². The highest BCUT2D eigenvalue weighted by Gasteiger charge is 2.17. The van der Waals surface area contributed by atoms with E-state index in [1.807, 2.05) is 42.5 Å². The van der Waals surface area contributed by atoms with E-state index in [0.29, 0.717) is 16.3 Å². The van der Waals surface area contributed by atoms with Crippen LogP contribution >= 0.6 is 0 Å². The Kier molecular flexibility index (Phi) is 6.96. The number of rotatable bonds is 6. The van der Waals surface area contributed by atoms with E-state index in [-0.39, 0.29) is 24.3 Å². The third-order valence-corrected chi connectivity index (χ3v) is 5.36. The van der Waals surface area contributed by atoms with E-state index >= 15 is 0 Å². The van der Waals surface area contributed by atoms with Gasteiger partial charge in [0.15, 0.2) is 5.69 Å². The molecule has 3 N–H and O–H groups in total. The van der Waals surface area contributed by atoms with Crippen LogP contribution in [0, 0.1) is 0 Å². The summed E-state index contributed by atoms with van der Waals surface area (Å²) in [6.45, 7) is 1.68. The summed E-state index contributed by atoms with van der Waals surface area (Å²) in [5.74, 6) is -1.73. The number of benzene rings is 3. The molecule has 35 heavy (non-hydrogen) atoms. The Morgan fingerprint density at radius 2 is 1.40 bits per heavy atom. The van der Waals surface area contributed by atoms with Crippen molar-refractivity contribution < 1.29 is 14.4 Å². The Morgan fingerprint density at radius 1 is 0.771 bits per heavy atom. The Bertz CT molecular complexity index is 1450.